The van der Waals surface area contributed by atoms with E-state index in [2.05, 4.69) is 39.8 Å². The smallest absolute Gasteiger partial charge is 0.0588 e. The molecular weight excluding hydrogens is 264 g/mol. The molecule has 2 aliphatic rings. The van der Waals surface area contributed by atoms with Gasteiger partial charge in [-0.05, 0) is 65.2 Å². The summed E-state index contributed by atoms with van der Waals surface area (Å²) in [6.45, 7) is 9.60. The largest absolute Gasteiger partial charge is 0.118 e. The molecule has 0 nitrogen and oxygen atoms in total. The van der Waals surface area contributed by atoms with Crippen LogP contribution in [0.15, 0.2) is 12.1 Å². The van der Waals surface area contributed by atoms with Crippen molar-refractivity contribution >= 4 is 11.6 Å². The number of halogens is 1. The Morgan fingerprint density at radius 2 is 1.55 bits per heavy atom. The van der Waals surface area contributed by atoms with Crippen molar-refractivity contribution in [3.05, 3.63) is 34.4 Å². The highest BCUT2D eigenvalue weighted by atomic mass is 35.5. The summed E-state index contributed by atoms with van der Waals surface area (Å²) in [5.41, 5.74) is 6.69. The van der Waals surface area contributed by atoms with Crippen LogP contribution in [-0.4, -0.2) is 0 Å². The molecule has 0 saturated heterocycles. The van der Waals surface area contributed by atoms with Gasteiger partial charge in [0, 0.05) is 0 Å². The topological polar surface area (TPSA) is 0 Å². The zero-order chi connectivity index (χ0) is 14.5. The van der Waals surface area contributed by atoms with Gasteiger partial charge < -0.3 is 0 Å². The van der Waals surface area contributed by atoms with Gasteiger partial charge in [0.15, 0.2) is 0 Å². The zero-order valence-electron chi connectivity index (χ0n) is 13.4. The molecule has 1 unspecified atom stereocenters. The summed E-state index contributed by atoms with van der Waals surface area (Å²) >= 11 is 6.66. The number of alkyl halides is 1. The molecular formula is C19H27Cl. The van der Waals surface area contributed by atoms with Gasteiger partial charge in [-0.1, -0.05) is 46.2 Å². The van der Waals surface area contributed by atoms with E-state index in [0.29, 0.717) is 10.8 Å². The van der Waals surface area contributed by atoms with E-state index in [0.717, 1.165) is 6.42 Å². The molecule has 0 N–H and O–H groups in total. The Labute approximate surface area is 128 Å². The van der Waals surface area contributed by atoms with E-state index in [4.69, 9.17) is 11.6 Å². The fourth-order valence-corrected chi connectivity index (χ4v) is 4.34. The van der Waals surface area contributed by atoms with Crippen LogP contribution >= 0.6 is 11.6 Å². The van der Waals surface area contributed by atoms with Gasteiger partial charge in [-0.2, -0.15) is 0 Å². The van der Waals surface area contributed by atoms with E-state index in [-0.39, 0.29) is 5.38 Å². The second-order valence-electron chi connectivity index (χ2n) is 8.08. The first-order valence-corrected chi connectivity index (χ1v) is 8.57. The second-order valence-corrected chi connectivity index (χ2v) is 8.60. The van der Waals surface area contributed by atoms with Crippen molar-refractivity contribution in [1.29, 1.82) is 0 Å². The Balaban J connectivity index is 2.21. The third-order valence-electron chi connectivity index (χ3n) is 5.60. The van der Waals surface area contributed by atoms with Gasteiger partial charge in [-0.3, -0.25) is 0 Å². The Kier molecular flexibility index (Phi) is 3.44. The number of hydrogen-bond acceptors (Lipinski definition) is 0. The first-order chi connectivity index (χ1) is 9.31. The third kappa shape index (κ3) is 2.30. The zero-order valence-corrected chi connectivity index (χ0v) is 14.1. The van der Waals surface area contributed by atoms with Crippen molar-refractivity contribution in [2.45, 2.75) is 82.4 Å². The minimum absolute atomic E-state index is 0.221. The fourth-order valence-electron chi connectivity index (χ4n) is 3.98. The predicted octanol–water partition coefficient (Wildman–Crippen LogP) is 6.04. The maximum atomic E-state index is 6.66. The molecule has 0 bridgehead atoms. The van der Waals surface area contributed by atoms with Crippen LogP contribution in [-0.2, 0) is 17.3 Å². The molecule has 1 aromatic rings. The number of fused-ring (bicyclic) bond motifs is 2. The van der Waals surface area contributed by atoms with Crippen LogP contribution in [0.1, 0.15) is 87.4 Å². The molecule has 0 aromatic heterocycles. The highest BCUT2D eigenvalue weighted by Crippen LogP contribution is 2.48. The summed E-state index contributed by atoms with van der Waals surface area (Å²) in [5.74, 6) is 0. The average molecular weight is 291 g/mol. The number of benzene rings is 1. The summed E-state index contributed by atoms with van der Waals surface area (Å²) in [6.07, 6.45) is 7.47. The third-order valence-corrected chi connectivity index (χ3v) is 6.06. The molecule has 20 heavy (non-hydrogen) atoms. The quantitative estimate of drug-likeness (QED) is 0.403. The monoisotopic (exact) mass is 290 g/mol. The van der Waals surface area contributed by atoms with Gasteiger partial charge in [0.25, 0.3) is 0 Å². The lowest BCUT2D eigenvalue weighted by Gasteiger charge is -2.42. The van der Waals surface area contributed by atoms with E-state index in [1.807, 2.05) is 0 Å². The molecule has 1 aromatic carbocycles. The van der Waals surface area contributed by atoms with Gasteiger partial charge in [0.2, 0.25) is 0 Å². The molecule has 3 rings (SSSR count). The van der Waals surface area contributed by atoms with Crippen molar-refractivity contribution in [3.63, 3.8) is 0 Å². The van der Waals surface area contributed by atoms with Crippen molar-refractivity contribution < 1.29 is 0 Å². The molecule has 1 atom stereocenters. The van der Waals surface area contributed by atoms with E-state index >= 15 is 0 Å². The van der Waals surface area contributed by atoms with Gasteiger partial charge in [0.1, 0.15) is 0 Å². The molecule has 0 saturated carbocycles. The molecule has 0 amide bonds. The van der Waals surface area contributed by atoms with Crippen LogP contribution in [0.5, 0.6) is 0 Å². The Morgan fingerprint density at radius 3 is 2.20 bits per heavy atom. The highest BCUT2D eigenvalue weighted by molar-refractivity contribution is 6.21. The van der Waals surface area contributed by atoms with Gasteiger partial charge >= 0.3 is 0 Å². The number of hydrogen-bond donors (Lipinski definition) is 0. The van der Waals surface area contributed by atoms with Gasteiger partial charge in [0.05, 0.1) is 5.38 Å². The van der Waals surface area contributed by atoms with Crippen molar-refractivity contribution in [2.75, 3.05) is 0 Å². The molecule has 110 valence electrons. The lowest BCUT2D eigenvalue weighted by Crippen LogP contribution is -2.34. The minimum Gasteiger partial charge on any atom is -0.118 e. The summed E-state index contributed by atoms with van der Waals surface area (Å²) in [5, 5.41) is 0.221. The van der Waals surface area contributed by atoms with Crippen molar-refractivity contribution in [3.8, 4) is 0 Å². The normalized spacial score (nSPS) is 27.4. The average Bonchev–Trinajstić information content (AvgIpc) is 2.56. The van der Waals surface area contributed by atoms with Crippen molar-refractivity contribution in [2.24, 2.45) is 0 Å². The lowest BCUT2D eigenvalue weighted by molar-refractivity contribution is 0.331. The molecule has 0 radical (unpaired) electrons. The molecule has 2 aliphatic carbocycles. The molecule has 0 fully saturated rings. The summed E-state index contributed by atoms with van der Waals surface area (Å²) in [4.78, 5) is 0. The molecule has 0 spiro atoms. The lowest BCUT2D eigenvalue weighted by atomic mass is 9.62. The Bertz CT molecular complexity index is 525. The first-order valence-electron chi connectivity index (χ1n) is 8.13. The summed E-state index contributed by atoms with van der Waals surface area (Å²) in [6, 6.07) is 4.97. The van der Waals surface area contributed by atoms with E-state index in [9.17, 15) is 0 Å². The highest BCUT2D eigenvalue weighted by Gasteiger charge is 2.38. The molecule has 1 heteroatoms. The van der Waals surface area contributed by atoms with E-state index in [1.165, 1.54) is 43.2 Å². The summed E-state index contributed by atoms with van der Waals surface area (Å²) < 4.78 is 0. The van der Waals surface area contributed by atoms with Gasteiger partial charge in [-0.15, -0.1) is 11.6 Å². The van der Waals surface area contributed by atoms with Crippen LogP contribution in [0.2, 0.25) is 0 Å². The van der Waals surface area contributed by atoms with Crippen LogP contribution in [0.3, 0.4) is 0 Å². The molecule has 0 aliphatic heterocycles. The number of aryl methyl sites for hydroxylation is 1. The first kappa shape index (κ1) is 14.4. The van der Waals surface area contributed by atoms with E-state index < -0.39 is 0 Å². The Hall–Kier alpha value is -0.490. The maximum Gasteiger partial charge on any atom is 0.0588 e. The predicted molar refractivity (Wildman–Crippen MR) is 87.9 cm³/mol. The number of rotatable bonds is 0. The Morgan fingerprint density at radius 1 is 0.950 bits per heavy atom. The van der Waals surface area contributed by atoms with Crippen LogP contribution in [0, 0.1) is 0 Å². The van der Waals surface area contributed by atoms with Crippen LogP contribution < -0.4 is 0 Å². The maximum absolute atomic E-state index is 6.66. The van der Waals surface area contributed by atoms with Gasteiger partial charge in [-0.25, -0.2) is 0 Å². The van der Waals surface area contributed by atoms with E-state index in [1.54, 1.807) is 11.1 Å². The summed E-state index contributed by atoms with van der Waals surface area (Å²) in [7, 11) is 0. The fraction of sp³-hybridized carbons (Fsp3) is 0.684. The van der Waals surface area contributed by atoms with Crippen molar-refractivity contribution in [1.82, 2.24) is 0 Å². The standard InChI is InChI=1S/C19H27Cl/c1-18(2)9-10-19(3,4)16-12-14-13(11-15(16)18)7-5-6-8-17(14)20/h11-12,17H,5-10H2,1-4H3. The van der Waals surface area contributed by atoms with Crippen LogP contribution in [0.25, 0.3) is 0 Å². The SMILES string of the molecule is CC1(C)CCC(C)(C)c2cc3c(cc21)CCCCC3Cl. The van der Waals surface area contributed by atoms with Crippen LogP contribution in [0.4, 0.5) is 0 Å². The molecule has 0 heterocycles. The minimum atomic E-state index is 0.221. The second kappa shape index (κ2) is 4.77.